The standard InChI is InChI=1S/C23H24N6O/c1-15-13-17(8-11-24-15)20-6-7-21-22(27-20)29(18-9-12-28(21)14-18)23(30)26-16(2)19-5-3-4-10-25-19/h3-8,10-11,13,16,18H,9,12,14H2,1-2H3,(H,26,30)/t16-,18-/m0/s1. The van der Waals surface area contributed by atoms with Crippen LogP contribution in [0.2, 0.25) is 0 Å². The first-order chi connectivity index (χ1) is 14.6. The van der Waals surface area contributed by atoms with Crippen LogP contribution < -0.4 is 15.1 Å². The van der Waals surface area contributed by atoms with Gasteiger partial charge < -0.3 is 10.2 Å². The molecule has 152 valence electrons. The fourth-order valence-electron chi connectivity index (χ4n) is 4.30. The van der Waals surface area contributed by atoms with Gasteiger partial charge in [-0.25, -0.2) is 9.78 Å². The number of nitrogens with one attached hydrogen (secondary N) is 1. The van der Waals surface area contributed by atoms with Crippen LogP contribution >= 0.6 is 0 Å². The van der Waals surface area contributed by atoms with Gasteiger partial charge in [0.1, 0.15) is 0 Å². The number of urea groups is 1. The zero-order chi connectivity index (χ0) is 20.7. The van der Waals surface area contributed by atoms with Gasteiger partial charge in [0, 0.05) is 36.7 Å². The van der Waals surface area contributed by atoms with Crippen LogP contribution in [0.3, 0.4) is 0 Å². The third-order valence-corrected chi connectivity index (χ3v) is 5.83. The largest absolute Gasteiger partial charge is 0.366 e. The summed E-state index contributed by atoms with van der Waals surface area (Å²) in [7, 11) is 0. The highest BCUT2D eigenvalue weighted by Gasteiger charge is 2.40. The lowest BCUT2D eigenvalue weighted by Crippen LogP contribution is -2.51. The van der Waals surface area contributed by atoms with Gasteiger partial charge in [-0.05, 0) is 56.7 Å². The molecular formula is C23H24N6O. The molecule has 1 saturated heterocycles. The Hall–Kier alpha value is -3.48. The number of anilines is 2. The van der Waals surface area contributed by atoms with Crippen LogP contribution in [0, 0.1) is 6.92 Å². The molecule has 0 saturated carbocycles. The van der Waals surface area contributed by atoms with Crippen LogP contribution in [0.25, 0.3) is 11.3 Å². The molecule has 3 aromatic heterocycles. The fraction of sp³-hybridized carbons (Fsp3) is 0.304. The Balaban J connectivity index is 1.49. The van der Waals surface area contributed by atoms with Crippen molar-refractivity contribution in [1.82, 2.24) is 20.3 Å². The molecule has 2 atom stereocenters. The number of pyridine rings is 3. The fourth-order valence-corrected chi connectivity index (χ4v) is 4.30. The number of aryl methyl sites for hydroxylation is 1. The average Bonchev–Trinajstić information content (AvgIpc) is 3.18. The smallest absolute Gasteiger partial charge is 0.323 e. The van der Waals surface area contributed by atoms with Crippen molar-refractivity contribution in [2.45, 2.75) is 32.4 Å². The number of carbonyl (C=O) groups is 1. The first-order valence-corrected chi connectivity index (χ1v) is 10.3. The number of hydrogen-bond acceptors (Lipinski definition) is 5. The molecule has 0 aliphatic carbocycles. The van der Waals surface area contributed by atoms with E-state index >= 15 is 0 Å². The summed E-state index contributed by atoms with van der Waals surface area (Å²) in [5.41, 5.74) is 4.64. The Morgan fingerprint density at radius 3 is 2.87 bits per heavy atom. The van der Waals surface area contributed by atoms with Crippen molar-refractivity contribution in [3.8, 4) is 11.3 Å². The van der Waals surface area contributed by atoms with E-state index in [9.17, 15) is 4.79 Å². The maximum absolute atomic E-state index is 13.4. The van der Waals surface area contributed by atoms with Crippen molar-refractivity contribution in [1.29, 1.82) is 0 Å². The molecule has 5 rings (SSSR count). The van der Waals surface area contributed by atoms with E-state index < -0.39 is 0 Å². The number of carbonyl (C=O) groups excluding carboxylic acids is 1. The summed E-state index contributed by atoms with van der Waals surface area (Å²) in [5.74, 6) is 0.724. The Morgan fingerprint density at radius 2 is 2.07 bits per heavy atom. The molecule has 3 aromatic rings. The summed E-state index contributed by atoms with van der Waals surface area (Å²) in [5, 5.41) is 3.11. The van der Waals surface area contributed by atoms with Crippen molar-refractivity contribution in [2.24, 2.45) is 0 Å². The summed E-state index contributed by atoms with van der Waals surface area (Å²) >= 11 is 0. The second-order valence-electron chi connectivity index (χ2n) is 7.91. The molecule has 2 amide bonds. The van der Waals surface area contributed by atoms with Crippen LogP contribution in [0.4, 0.5) is 16.3 Å². The average molecular weight is 400 g/mol. The molecule has 2 aliphatic heterocycles. The summed E-state index contributed by atoms with van der Waals surface area (Å²) in [6.07, 6.45) is 4.47. The highest BCUT2D eigenvalue weighted by Crippen LogP contribution is 2.40. The van der Waals surface area contributed by atoms with Crippen molar-refractivity contribution in [3.63, 3.8) is 0 Å². The van der Waals surface area contributed by atoms with Gasteiger partial charge in [-0.3, -0.25) is 14.9 Å². The first-order valence-electron chi connectivity index (χ1n) is 10.3. The van der Waals surface area contributed by atoms with Crippen LogP contribution in [0.15, 0.2) is 54.9 Å². The molecule has 1 fully saturated rings. The molecule has 0 radical (unpaired) electrons. The van der Waals surface area contributed by atoms with Crippen molar-refractivity contribution >= 4 is 17.5 Å². The lowest BCUT2D eigenvalue weighted by atomic mass is 10.1. The number of hydrogen-bond donors (Lipinski definition) is 1. The van der Waals surface area contributed by atoms with Crippen LogP contribution in [-0.2, 0) is 0 Å². The lowest BCUT2D eigenvalue weighted by molar-refractivity contribution is 0.241. The van der Waals surface area contributed by atoms with E-state index in [2.05, 4.69) is 26.3 Å². The van der Waals surface area contributed by atoms with E-state index in [1.165, 1.54) is 0 Å². The lowest BCUT2D eigenvalue weighted by Gasteiger charge is -2.36. The normalized spacial score (nSPS) is 18.1. The SMILES string of the molecule is Cc1cc(-c2ccc3c(n2)N(C(=O)N[C@@H](C)c2ccccn2)[C@H]2CCN3C2)ccn1. The van der Waals surface area contributed by atoms with E-state index in [-0.39, 0.29) is 18.1 Å². The molecule has 0 spiro atoms. The predicted molar refractivity (Wildman–Crippen MR) is 116 cm³/mol. The monoisotopic (exact) mass is 400 g/mol. The van der Waals surface area contributed by atoms with E-state index in [0.29, 0.717) is 0 Å². The first kappa shape index (κ1) is 18.5. The third kappa shape index (κ3) is 3.26. The maximum Gasteiger partial charge on any atom is 0.323 e. The molecule has 2 bridgehead atoms. The molecule has 7 heteroatoms. The third-order valence-electron chi connectivity index (χ3n) is 5.83. The highest BCUT2D eigenvalue weighted by molar-refractivity contribution is 5.97. The number of aromatic nitrogens is 3. The zero-order valence-corrected chi connectivity index (χ0v) is 17.1. The van der Waals surface area contributed by atoms with E-state index in [1.54, 1.807) is 12.4 Å². The summed E-state index contributed by atoms with van der Waals surface area (Å²) in [6.45, 7) is 5.70. The molecular weight excluding hydrogens is 376 g/mol. The Labute approximate surface area is 175 Å². The Bertz CT molecular complexity index is 1090. The van der Waals surface area contributed by atoms with Gasteiger partial charge in [-0.2, -0.15) is 0 Å². The molecule has 30 heavy (non-hydrogen) atoms. The molecule has 1 N–H and O–H groups in total. The maximum atomic E-state index is 13.4. The summed E-state index contributed by atoms with van der Waals surface area (Å²) < 4.78 is 0. The number of amides is 2. The Kier molecular flexibility index (Phi) is 4.58. The zero-order valence-electron chi connectivity index (χ0n) is 17.1. The minimum Gasteiger partial charge on any atom is -0.366 e. The molecule has 5 heterocycles. The van der Waals surface area contributed by atoms with Gasteiger partial charge >= 0.3 is 6.03 Å². The van der Waals surface area contributed by atoms with E-state index in [1.807, 2.05) is 55.1 Å². The summed E-state index contributed by atoms with van der Waals surface area (Å²) in [6, 6.07) is 13.6. The molecule has 2 aliphatic rings. The Morgan fingerprint density at radius 1 is 1.17 bits per heavy atom. The quantitative estimate of drug-likeness (QED) is 0.725. The van der Waals surface area contributed by atoms with Gasteiger partial charge in [0.05, 0.1) is 29.2 Å². The van der Waals surface area contributed by atoms with Gasteiger partial charge in [-0.15, -0.1) is 0 Å². The molecule has 0 aromatic carbocycles. The number of nitrogens with zero attached hydrogens (tertiary/aromatic N) is 5. The van der Waals surface area contributed by atoms with Crippen LogP contribution in [0.1, 0.15) is 30.8 Å². The van der Waals surface area contributed by atoms with Crippen molar-refractivity contribution < 1.29 is 4.79 Å². The van der Waals surface area contributed by atoms with Gasteiger partial charge in [0.2, 0.25) is 0 Å². The number of fused-ring (bicyclic) bond motifs is 4. The number of rotatable bonds is 3. The van der Waals surface area contributed by atoms with Crippen molar-refractivity contribution in [3.05, 3.63) is 66.2 Å². The topological polar surface area (TPSA) is 74.2 Å². The van der Waals surface area contributed by atoms with Crippen LogP contribution in [0.5, 0.6) is 0 Å². The van der Waals surface area contributed by atoms with Crippen LogP contribution in [-0.4, -0.2) is 40.1 Å². The van der Waals surface area contributed by atoms with Gasteiger partial charge in [0.25, 0.3) is 0 Å². The van der Waals surface area contributed by atoms with Gasteiger partial charge in [0.15, 0.2) is 5.82 Å². The van der Waals surface area contributed by atoms with Gasteiger partial charge in [-0.1, -0.05) is 6.07 Å². The van der Waals surface area contributed by atoms with Crippen molar-refractivity contribution in [2.75, 3.05) is 22.9 Å². The predicted octanol–water partition coefficient (Wildman–Crippen LogP) is 3.72. The highest BCUT2D eigenvalue weighted by atomic mass is 16.2. The minimum atomic E-state index is -0.187. The van der Waals surface area contributed by atoms with E-state index in [0.717, 1.165) is 53.7 Å². The minimum absolute atomic E-state index is 0.121. The second kappa shape index (κ2) is 7.40. The molecule has 7 nitrogen and oxygen atoms in total. The molecule has 0 unspecified atom stereocenters. The van der Waals surface area contributed by atoms with E-state index in [4.69, 9.17) is 4.98 Å². The second-order valence-corrected chi connectivity index (χ2v) is 7.91. The summed E-state index contributed by atoms with van der Waals surface area (Å²) in [4.78, 5) is 31.1.